The zero-order valence-corrected chi connectivity index (χ0v) is 18.9. The zero-order valence-electron chi connectivity index (χ0n) is 14.1. The first-order valence-electron chi connectivity index (χ1n) is 8.19. The molecule has 0 spiro atoms. The average Bonchev–Trinajstić information content (AvgIpc) is 3.42. The van der Waals surface area contributed by atoms with Crippen molar-refractivity contribution in [3.8, 4) is 10.6 Å². The summed E-state index contributed by atoms with van der Waals surface area (Å²) in [6.45, 7) is 0.877. The maximum atomic E-state index is 4.74. The second-order valence-electron chi connectivity index (χ2n) is 5.57. The molecule has 3 aromatic heterocycles. The van der Waals surface area contributed by atoms with Gasteiger partial charge in [0.05, 0.1) is 5.69 Å². The van der Waals surface area contributed by atoms with Crippen molar-refractivity contribution in [3.05, 3.63) is 62.2 Å². The Bertz CT molecular complexity index is 996. The van der Waals surface area contributed by atoms with Crippen LogP contribution in [0.15, 0.2) is 56.0 Å². The summed E-state index contributed by atoms with van der Waals surface area (Å²) in [7, 11) is 0. The topological polar surface area (TPSA) is 50.7 Å². The third-order valence-electron chi connectivity index (χ3n) is 3.60. The summed E-state index contributed by atoms with van der Waals surface area (Å²) in [4.78, 5) is 6.12. The molecule has 0 aliphatic rings. The molecule has 0 radical (unpaired) electrons. The van der Waals surface area contributed by atoms with Gasteiger partial charge in [0.1, 0.15) is 5.01 Å². The molecule has 9 heteroatoms. The van der Waals surface area contributed by atoms with E-state index in [2.05, 4.69) is 66.5 Å². The SMILES string of the molecule is Brc1cccc(-c2nc(CSc3nnc(NCCc4cccs4)s3)cs2)c1. The summed E-state index contributed by atoms with van der Waals surface area (Å²) >= 11 is 10.2. The van der Waals surface area contributed by atoms with E-state index in [1.165, 1.54) is 4.88 Å². The Morgan fingerprint density at radius 3 is 2.93 bits per heavy atom. The fraction of sp³-hybridized carbons (Fsp3) is 0.167. The van der Waals surface area contributed by atoms with Crippen LogP contribution in [-0.4, -0.2) is 21.7 Å². The molecule has 3 heterocycles. The number of hydrogen-bond donors (Lipinski definition) is 1. The van der Waals surface area contributed by atoms with Gasteiger partial charge in [-0.2, -0.15) is 0 Å². The van der Waals surface area contributed by atoms with Crippen molar-refractivity contribution >= 4 is 66.8 Å². The lowest BCUT2D eigenvalue weighted by atomic mass is 10.2. The third-order valence-corrected chi connectivity index (χ3v) is 8.02. The minimum atomic E-state index is 0.800. The van der Waals surface area contributed by atoms with Crippen LogP contribution in [0.25, 0.3) is 10.6 Å². The molecule has 0 fully saturated rings. The Labute approximate surface area is 182 Å². The van der Waals surface area contributed by atoms with Crippen LogP contribution in [0.3, 0.4) is 0 Å². The minimum Gasteiger partial charge on any atom is -0.360 e. The summed E-state index contributed by atoms with van der Waals surface area (Å²) < 4.78 is 2.03. The van der Waals surface area contributed by atoms with Gasteiger partial charge in [-0.3, -0.25) is 0 Å². The third kappa shape index (κ3) is 5.39. The molecule has 138 valence electrons. The Balaban J connectivity index is 1.28. The Morgan fingerprint density at radius 1 is 1.11 bits per heavy atom. The van der Waals surface area contributed by atoms with Crippen molar-refractivity contribution in [2.24, 2.45) is 0 Å². The van der Waals surface area contributed by atoms with Crippen molar-refractivity contribution in [2.45, 2.75) is 16.5 Å². The zero-order chi connectivity index (χ0) is 18.5. The van der Waals surface area contributed by atoms with E-state index >= 15 is 0 Å². The summed E-state index contributed by atoms with van der Waals surface area (Å²) in [6, 6.07) is 12.5. The van der Waals surface area contributed by atoms with Crippen molar-refractivity contribution < 1.29 is 0 Å². The molecule has 0 saturated heterocycles. The van der Waals surface area contributed by atoms with Crippen molar-refractivity contribution in [3.63, 3.8) is 0 Å². The van der Waals surface area contributed by atoms with Crippen LogP contribution in [0, 0.1) is 0 Å². The average molecular weight is 496 g/mol. The Hall–Kier alpha value is -1.26. The Morgan fingerprint density at radius 2 is 2.07 bits per heavy atom. The molecular formula is C18H15BrN4S4. The van der Waals surface area contributed by atoms with Gasteiger partial charge in [-0.25, -0.2) is 4.98 Å². The molecule has 0 atom stereocenters. The predicted molar refractivity (Wildman–Crippen MR) is 121 cm³/mol. The van der Waals surface area contributed by atoms with Crippen LogP contribution in [0.1, 0.15) is 10.6 Å². The maximum Gasteiger partial charge on any atom is 0.206 e. The standard InChI is InChI=1S/C18H15BrN4S4/c19-13-4-1-3-12(9-13)16-21-14(10-25-16)11-26-18-23-22-17(27-18)20-7-6-15-5-2-8-24-15/h1-5,8-10H,6-7,11H2,(H,20,22). The first kappa shape index (κ1) is 19.1. The number of halogens is 1. The van der Waals surface area contributed by atoms with Crippen LogP contribution in [0.5, 0.6) is 0 Å². The number of nitrogens with zero attached hydrogens (tertiary/aromatic N) is 3. The van der Waals surface area contributed by atoms with Gasteiger partial charge in [0.25, 0.3) is 0 Å². The number of thiophene rings is 1. The molecule has 0 aliphatic heterocycles. The quantitative estimate of drug-likeness (QED) is 0.286. The number of nitrogens with one attached hydrogen (secondary N) is 1. The molecule has 0 unspecified atom stereocenters. The van der Waals surface area contributed by atoms with E-state index in [4.69, 9.17) is 4.98 Å². The van der Waals surface area contributed by atoms with E-state index < -0.39 is 0 Å². The molecule has 1 N–H and O–H groups in total. The second kappa shape index (κ2) is 9.29. The number of aromatic nitrogens is 3. The molecule has 4 rings (SSSR count). The van der Waals surface area contributed by atoms with Gasteiger partial charge >= 0.3 is 0 Å². The maximum absolute atomic E-state index is 4.74. The summed E-state index contributed by atoms with van der Waals surface area (Å²) in [5.41, 5.74) is 2.21. The lowest BCUT2D eigenvalue weighted by Crippen LogP contribution is -2.03. The second-order valence-corrected chi connectivity index (χ2v) is 10.6. The summed E-state index contributed by atoms with van der Waals surface area (Å²) in [5, 5.41) is 18.0. The smallest absolute Gasteiger partial charge is 0.206 e. The number of rotatable bonds is 8. The molecule has 4 aromatic rings. The predicted octanol–water partition coefficient (Wildman–Crippen LogP) is 6.43. The van der Waals surface area contributed by atoms with Crippen molar-refractivity contribution in [2.75, 3.05) is 11.9 Å². The monoisotopic (exact) mass is 494 g/mol. The first-order chi connectivity index (χ1) is 13.3. The normalized spacial score (nSPS) is 11.0. The van der Waals surface area contributed by atoms with Crippen LogP contribution in [-0.2, 0) is 12.2 Å². The van der Waals surface area contributed by atoms with E-state index in [0.29, 0.717) is 0 Å². The highest BCUT2D eigenvalue weighted by molar-refractivity contribution is 9.10. The highest BCUT2D eigenvalue weighted by Gasteiger charge is 2.09. The number of benzene rings is 1. The largest absolute Gasteiger partial charge is 0.360 e. The number of thiazole rings is 1. The van der Waals surface area contributed by atoms with Gasteiger partial charge in [-0.15, -0.1) is 32.9 Å². The van der Waals surface area contributed by atoms with Gasteiger partial charge in [-0.1, -0.05) is 57.2 Å². The molecule has 1 aromatic carbocycles. The van der Waals surface area contributed by atoms with E-state index in [9.17, 15) is 0 Å². The molecule has 0 bridgehead atoms. The molecular weight excluding hydrogens is 480 g/mol. The minimum absolute atomic E-state index is 0.800. The van der Waals surface area contributed by atoms with Crippen LogP contribution in [0.4, 0.5) is 5.13 Å². The summed E-state index contributed by atoms with van der Waals surface area (Å²) in [5.74, 6) is 0.800. The molecule has 27 heavy (non-hydrogen) atoms. The highest BCUT2D eigenvalue weighted by atomic mass is 79.9. The number of thioether (sulfide) groups is 1. The van der Waals surface area contributed by atoms with Crippen molar-refractivity contribution in [1.82, 2.24) is 15.2 Å². The van der Waals surface area contributed by atoms with Crippen LogP contribution < -0.4 is 5.32 Å². The van der Waals surface area contributed by atoms with Gasteiger partial charge in [0.15, 0.2) is 4.34 Å². The van der Waals surface area contributed by atoms with Gasteiger partial charge in [0.2, 0.25) is 5.13 Å². The van der Waals surface area contributed by atoms with Crippen LogP contribution in [0.2, 0.25) is 0 Å². The van der Waals surface area contributed by atoms with Crippen LogP contribution >= 0.6 is 61.7 Å². The van der Waals surface area contributed by atoms with Gasteiger partial charge in [0, 0.05) is 32.6 Å². The van der Waals surface area contributed by atoms with E-state index in [1.807, 2.05) is 12.1 Å². The fourth-order valence-corrected chi connectivity index (χ4v) is 6.05. The van der Waals surface area contributed by atoms with Crippen molar-refractivity contribution in [1.29, 1.82) is 0 Å². The number of anilines is 1. The van der Waals surface area contributed by atoms with E-state index in [0.717, 1.165) is 48.9 Å². The first-order valence-corrected chi connectivity index (χ1v) is 12.5. The highest BCUT2D eigenvalue weighted by Crippen LogP contribution is 2.31. The summed E-state index contributed by atoms with van der Waals surface area (Å²) in [6.07, 6.45) is 1.01. The molecule has 0 amide bonds. The molecule has 4 nitrogen and oxygen atoms in total. The number of hydrogen-bond acceptors (Lipinski definition) is 8. The lowest BCUT2D eigenvalue weighted by Gasteiger charge is -1.99. The fourth-order valence-electron chi connectivity index (χ4n) is 2.35. The van der Waals surface area contributed by atoms with Gasteiger partial charge in [-0.05, 0) is 30.0 Å². The van der Waals surface area contributed by atoms with E-state index in [1.54, 1.807) is 45.8 Å². The molecule has 0 saturated carbocycles. The molecule has 0 aliphatic carbocycles. The van der Waals surface area contributed by atoms with E-state index in [-0.39, 0.29) is 0 Å². The van der Waals surface area contributed by atoms with Gasteiger partial charge < -0.3 is 5.32 Å². The Kier molecular flexibility index (Phi) is 6.56. The lowest BCUT2D eigenvalue weighted by molar-refractivity contribution is 0.979.